The lowest BCUT2D eigenvalue weighted by Gasteiger charge is -2.37. The van der Waals surface area contributed by atoms with Gasteiger partial charge in [0.1, 0.15) is 0 Å². The number of nitrogens with zero attached hydrogens (tertiary/aromatic N) is 1. The molecular weight excluding hydrogens is 292 g/mol. The molecule has 1 saturated heterocycles. The standard InChI is InChI=1S/C18H26N2O3/c1-3-17(22)16-10-6-7-11-20(16)12-18(23)19-15-9-5-4-8-14(15)13(2)21/h4-5,8-9,16-17,22H,3,6-7,10-12H2,1-2H3,(H,19,23). The first-order valence-electron chi connectivity index (χ1n) is 8.34. The Morgan fingerprint density at radius 3 is 2.78 bits per heavy atom. The van der Waals surface area contributed by atoms with Crippen LogP contribution in [0.3, 0.4) is 0 Å². The molecule has 0 bridgehead atoms. The van der Waals surface area contributed by atoms with E-state index in [1.54, 1.807) is 24.3 Å². The highest BCUT2D eigenvalue weighted by atomic mass is 16.3. The molecule has 126 valence electrons. The number of benzene rings is 1. The van der Waals surface area contributed by atoms with Crippen molar-refractivity contribution in [2.45, 2.75) is 51.7 Å². The molecule has 2 atom stereocenters. The predicted molar refractivity (Wildman–Crippen MR) is 90.6 cm³/mol. The molecule has 2 rings (SSSR count). The largest absolute Gasteiger partial charge is 0.392 e. The van der Waals surface area contributed by atoms with Crippen molar-refractivity contribution < 1.29 is 14.7 Å². The van der Waals surface area contributed by atoms with Gasteiger partial charge >= 0.3 is 0 Å². The van der Waals surface area contributed by atoms with Crippen molar-refractivity contribution in [1.82, 2.24) is 4.90 Å². The van der Waals surface area contributed by atoms with Crippen molar-refractivity contribution in [2.24, 2.45) is 0 Å². The maximum absolute atomic E-state index is 12.4. The van der Waals surface area contributed by atoms with E-state index < -0.39 is 6.10 Å². The lowest BCUT2D eigenvalue weighted by Crippen LogP contribution is -2.49. The molecule has 1 aliphatic heterocycles. The summed E-state index contributed by atoms with van der Waals surface area (Å²) in [6.45, 7) is 4.52. The molecule has 2 unspecified atom stereocenters. The SMILES string of the molecule is CCC(O)C1CCCCN1CC(=O)Nc1ccccc1C(C)=O. The van der Waals surface area contributed by atoms with Crippen molar-refractivity contribution in [1.29, 1.82) is 0 Å². The van der Waals surface area contributed by atoms with Crippen LogP contribution in [0.1, 0.15) is 49.9 Å². The first-order valence-corrected chi connectivity index (χ1v) is 8.34. The maximum Gasteiger partial charge on any atom is 0.238 e. The third kappa shape index (κ3) is 4.62. The number of nitrogens with one attached hydrogen (secondary N) is 1. The van der Waals surface area contributed by atoms with Crippen LogP contribution in [0.4, 0.5) is 5.69 Å². The van der Waals surface area contributed by atoms with Gasteiger partial charge in [-0.3, -0.25) is 14.5 Å². The van der Waals surface area contributed by atoms with Gasteiger partial charge in [0.2, 0.25) is 5.91 Å². The minimum Gasteiger partial charge on any atom is -0.392 e. The number of carbonyl (C=O) groups is 2. The van der Waals surface area contributed by atoms with Gasteiger partial charge in [0.05, 0.1) is 18.3 Å². The van der Waals surface area contributed by atoms with Crippen LogP contribution in [0.25, 0.3) is 0 Å². The Kier molecular flexibility index (Phi) is 6.30. The molecule has 2 N–H and O–H groups in total. The molecule has 1 heterocycles. The Hall–Kier alpha value is -1.72. The van der Waals surface area contributed by atoms with Gasteiger partial charge in [-0.1, -0.05) is 25.5 Å². The molecular formula is C18H26N2O3. The van der Waals surface area contributed by atoms with Crippen LogP contribution in [0.2, 0.25) is 0 Å². The highest BCUT2D eigenvalue weighted by molar-refractivity contribution is 6.04. The van der Waals surface area contributed by atoms with Crippen molar-refractivity contribution in [3.8, 4) is 0 Å². The molecule has 5 nitrogen and oxygen atoms in total. The highest BCUT2D eigenvalue weighted by Gasteiger charge is 2.29. The quantitative estimate of drug-likeness (QED) is 0.791. The van der Waals surface area contributed by atoms with Crippen molar-refractivity contribution in [2.75, 3.05) is 18.4 Å². The summed E-state index contributed by atoms with van der Waals surface area (Å²) >= 11 is 0. The molecule has 1 aromatic carbocycles. The normalized spacial score (nSPS) is 20.0. The second-order valence-electron chi connectivity index (χ2n) is 6.16. The predicted octanol–water partition coefficient (Wildman–Crippen LogP) is 2.45. The highest BCUT2D eigenvalue weighted by Crippen LogP contribution is 2.21. The van der Waals surface area contributed by atoms with E-state index >= 15 is 0 Å². The number of hydrogen-bond acceptors (Lipinski definition) is 4. The van der Waals surface area contributed by atoms with E-state index in [2.05, 4.69) is 10.2 Å². The molecule has 0 radical (unpaired) electrons. The zero-order chi connectivity index (χ0) is 16.8. The van der Waals surface area contributed by atoms with Gasteiger partial charge in [0, 0.05) is 11.6 Å². The molecule has 1 aromatic rings. The summed E-state index contributed by atoms with van der Waals surface area (Å²) in [5, 5.41) is 13.0. The molecule has 0 aliphatic carbocycles. The summed E-state index contributed by atoms with van der Waals surface area (Å²) in [5.41, 5.74) is 1.07. The summed E-state index contributed by atoms with van der Waals surface area (Å²) in [5.74, 6) is -0.216. The number of aliphatic hydroxyl groups is 1. The third-order valence-corrected chi connectivity index (χ3v) is 4.45. The average Bonchev–Trinajstić information content (AvgIpc) is 2.55. The number of aliphatic hydroxyl groups excluding tert-OH is 1. The van der Waals surface area contributed by atoms with Gasteiger partial charge in [-0.2, -0.15) is 0 Å². The minimum atomic E-state index is -0.396. The van der Waals surface area contributed by atoms with E-state index in [1.165, 1.54) is 6.92 Å². The number of anilines is 1. The number of likely N-dealkylation sites (tertiary alicyclic amines) is 1. The third-order valence-electron chi connectivity index (χ3n) is 4.45. The Morgan fingerprint density at radius 1 is 1.35 bits per heavy atom. The molecule has 5 heteroatoms. The molecule has 1 fully saturated rings. The number of piperidine rings is 1. The molecule has 1 amide bonds. The number of amides is 1. The number of ketones is 1. The van der Waals surface area contributed by atoms with Crippen LogP contribution < -0.4 is 5.32 Å². The second-order valence-corrected chi connectivity index (χ2v) is 6.16. The Labute approximate surface area is 137 Å². The van der Waals surface area contributed by atoms with Gasteiger partial charge in [-0.25, -0.2) is 0 Å². The maximum atomic E-state index is 12.4. The van der Waals surface area contributed by atoms with Gasteiger partial charge in [0.15, 0.2) is 5.78 Å². The Balaban J connectivity index is 2.02. The molecule has 0 aromatic heterocycles. The van der Waals surface area contributed by atoms with Gasteiger partial charge in [0.25, 0.3) is 0 Å². The van der Waals surface area contributed by atoms with E-state index in [4.69, 9.17) is 0 Å². The fourth-order valence-corrected chi connectivity index (χ4v) is 3.19. The number of carbonyl (C=O) groups excluding carboxylic acids is 2. The van der Waals surface area contributed by atoms with E-state index in [0.29, 0.717) is 17.7 Å². The summed E-state index contributed by atoms with van der Waals surface area (Å²) in [6, 6.07) is 7.07. The van der Waals surface area contributed by atoms with Crippen molar-refractivity contribution >= 4 is 17.4 Å². The summed E-state index contributed by atoms with van der Waals surface area (Å²) in [6.07, 6.45) is 3.35. The molecule has 1 aliphatic rings. The van der Waals surface area contributed by atoms with Crippen LogP contribution in [0, 0.1) is 0 Å². The summed E-state index contributed by atoms with van der Waals surface area (Å²) in [7, 11) is 0. The van der Waals surface area contributed by atoms with E-state index in [9.17, 15) is 14.7 Å². The van der Waals surface area contributed by atoms with Crippen LogP contribution in [-0.4, -0.2) is 46.9 Å². The Bertz CT molecular complexity index is 559. The lowest BCUT2D eigenvalue weighted by atomic mass is 9.96. The van der Waals surface area contributed by atoms with Gasteiger partial charge < -0.3 is 10.4 Å². The summed E-state index contributed by atoms with van der Waals surface area (Å²) < 4.78 is 0. The lowest BCUT2D eigenvalue weighted by molar-refractivity contribution is -0.119. The van der Waals surface area contributed by atoms with Gasteiger partial charge in [-0.15, -0.1) is 0 Å². The second kappa shape index (κ2) is 8.22. The fourth-order valence-electron chi connectivity index (χ4n) is 3.19. The van der Waals surface area contributed by atoms with Crippen LogP contribution in [0.15, 0.2) is 24.3 Å². The first kappa shape index (κ1) is 17.6. The topological polar surface area (TPSA) is 69.6 Å². The minimum absolute atomic E-state index is 0.0440. The molecule has 23 heavy (non-hydrogen) atoms. The Morgan fingerprint density at radius 2 is 2.09 bits per heavy atom. The monoisotopic (exact) mass is 318 g/mol. The van der Waals surface area contributed by atoms with Crippen molar-refractivity contribution in [3.63, 3.8) is 0 Å². The average molecular weight is 318 g/mol. The fraction of sp³-hybridized carbons (Fsp3) is 0.556. The zero-order valence-electron chi connectivity index (χ0n) is 13.9. The van der Waals surface area contributed by atoms with Crippen LogP contribution in [0.5, 0.6) is 0 Å². The van der Waals surface area contributed by atoms with E-state index in [-0.39, 0.29) is 24.3 Å². The van der Waals surface area contributed by atoms with Gasteiger partial charge in [-0.05, 0) is 44.9 Å². The molecule has 0 saturated carbocycles. The number of para-hydroxylation sites is 1. The number of rotatable bonds is 6. The van der Waals surface area contributed by atoms with Crippen molar-refractivity contribution in [3.05, 3.63) is 29.8 Å². The molecule has 0 spiro atoms. The van der Waals surface area contributed by atoms with E-state index in [1.807, 2.05) is 6.92 Å². The zero-order valence-corrected chi connectivity index (χ0v) is 13.9. The van der Waals surface area contributed by atoms with Crippen LogP contribution >= 0.6 is 0 Å². The number of Topliss-reactive ketones (excluding diaryl/α,β-unsaturated/α-hetero) is 1. The van der Waals surface area contributed by atoms with Crippen LogP contribution in [-0.2, 0) is 4.79 Å². The smallest absolute Gasteiger partial charge is 0.238 e. The summed E-state index contributed by atoms with van der Waals surface area (Å²) in [4.78, 5) is 26.0. The van der Waals surface area contributed by atoms with E-state index in [0.717, 1.165) is 25.8 Å². The number of hydrogen-bond donors (Lipinski definition) is 2. The first-order chi connectivity index (χ1) is 11.0.